The molecule has 2 rings (SSSR count). The molecule has 2 aromatic rings. The zero-order valence-electron chi connectivity index (χ0n) is 9.76. The summed E-state index contributed by atoms with van der Waals surface area (Å²) in [7, 11) is 1.63. The molecule has 0 aliphatic rings. The quantitative estimate of drug-likeness (QED) is 0.833. The smallest absolute Gasteiger partial charge is 0.119 e. The zero-order chi connectivity index (χ0) is 12.3. The van der Waals surface area contributed by atoms with Gasteiger partial charge in [0.05, 0.1) is 19.4 Å². The Hall–Kier alpha value is -1.65. The van der Waals surface area contributed by atoms with Gasteiger partial charge < -0.3 is 15.6 Å². The first-order chi connectivity index (χ1) is 8.30. The van der Waals surface area contributed by atoms with Crippen molar-refractivity contribution in [2.75, 3.05) is 20.3 Å². The molecule has 4 nitrogen and oxygen atoms in total. The fraction of sp³-hybridized carbons (Fsp3) is 0.308. The van der Waals surface area contributed by atoms with Crippen molar-refractivity contribution in [2.45, 2.75) is 5.92 Å². The van der Waals surface area contributed by atoms with E-state index in [0.29, 0.717) is 6.54 Å². The molecule has 4 heteroatoms. The number of nitrogens with two attached hydrogens (primary N) is 1. The Kier molecular flexibility index (Phi) is 3.56. The Bertz CT molecular complexity index is 510. The molecule has 1 heterocycles. The van der Waals surface area contributed by atoms with Gasteiger partial charge in [0.25, 0.3) is 0 Å². The van der Waals surface area contributed by atoms with E-state index in [4.69, 9.17) is 10.5 Å². The number of hydrogen-bond donors (Lipinski definition) is 2. The number of rotatable bonds is 4. The molecule has 0 aliphatic heterocycles. The van der Waals surface area contributed by atoms with Crippen molar-refractivity contribution in [3.8, 4) is 5.75 Å². The standard InChI is InChI=1S/C13H16N2O2/c1-17-11-3-2-9-4-5-15-13(12(9)6-11)10(7-14)8-16/h2-6,10,16H,7-8,14H2,1H3. The maximum absolute atomic E-state index is 9.31. The Morgan fingerprint density at radius 2 is 2.24 bits per heavy atom. The summed E-state index contributed by atoms with van der Waals surface area (Å²) in [6.07, 6.45) is 1.74. The minimum atomic E-state index is -0.134. The number of hydrogen-bond acceptors (Lipinski definition) is 4. The highest BCUT2D eigenvalue weighted by Gasteiger charge is 2.13. The highest BCUT2D eigenvalue weighted by Crippen LogP contribution is 2.26. The Balaban J connectivity index is 2.61. The average Bonchev–Trinajstić information content (AvgIpc) is 2.40. The van der Waals surface area contributed by atoms with Crippen LogP contribution in [-0.2, 0) is 0 Å². The molecular weight excluding hydrogens is 216 g/mol. The number of aliphatic hydroxyl groups excluding tert-OH is 1. The molecule has 1 unspecified atom stereocenters. The van der Waals surface area contributed by atoms with E-state index >= 15 is 0 Å². The van der Waals surface area contributed by atoms with Crippen LogP contribution in [0.25, 0.3) is 10.8 Å². The minimum absolute atomic E-state index is 0.000176. The second kappa shape index (κ2) is 5.12. The van der Waals surface area contributed by atoms with Crippen molar-refractivity contribution in [1.29, 1.82) is 0 Å². The summed E-state index contributed by atoms with van der Waals surface area (Å²) < 4.78 is 5.20. The van der Waals surface area contributed by atoms with Gasteiger partial charge in [0.2, 0.25) is 0 Å². The van der Waals surface area contributed by atoms with E-state index < -0.39 is 0 Å². The summed E-state index contributed by atoms with van der Waals surface area (Å²) in [5.41, 5.74) is 6.47. The van der Waals surface area contributed by atoms with Gasteiger partial charge in [-0.25, -0.2) is 0 Å². The van der Waals surface area contributed by atoms with Crippen molar-refractivity contribution in [3.05, 3.63) is 36.2 Å². The maximum Gasteiger partial charge on any atom is 0.119 e. The Morgan fingerprint density at radius 1 is 1.41 bits per heavy atom. The first-order valence-corrected chi connectivity index (χ1v) is 5.53. The van der Waals surface area contributed by atoms with Gasteiger partial charge in [-0.05, 0) is 23.6 Å². The third-order valence-corrected chi connectivity index (χ3v) is 2.90. The summed E-state index contributed by atoms with van der Waals surface area (Å²) in [5.74, 6) is 0.645. The summed E-state index contributed by atoms with van der Waals surface area (Å²) in [5, 5.41) is 11.4. The zero-order valence-corrected chi connectivity index (χ0v) is 9.76. The van der Waals surface area contributed by atoms with Crippen molar-refractivity contribution in [1.82, 2.24) is 4.98 Å². The van der Waals surface area contributed by atoms with Gasteiger partial charge in [0, 0.05) is 24.0 Å². The summed E-state index contributed by atoms with van der Waals surface area (Å²) in [6, 6.07) is 7.74. The first kappa shape index (κ1) is 11.8. The molecule has 0 fully saturated rings. The average molecular weight is 232 g/mol. The lowest BCUT2D eigenvalue weighted by Crippen LogP contribution is -2.17. The molecule has 0 aliphatic carbocycles. The summed E-state index contributed by atoms with van der Waals surface area (Å²) in [4.78, 5) is 4.33. The minimum Gasteiger partial charge on any atom is -0.497 e. The molecule has 0 spiro atoms. The van der Waals surface area contributed by atoms with Crippen LogP contribution < -0.4 is 10.5 Å². The SMILES string of the molecule is COc1ccc2ccnc(C(CN)CO)c2c1. The molecule has 90 valence electrons. The van der Waals surface area contributed by atoms with E-state index in [0.717, 1.165) is 22.2 Å². The second-order valence-electron chi connectivity index (χ2n) is 3.90. The number of nitrogens with zero attached hydrogens (tertiary/aromatic N) is 1. The van der Waals surface area contributed by atoms with Gasteiger partial charge in [-0.3, -0.25) is 4.98 Å². The molecule has 0 amide bonds. The van der Waals surface area contributed by atoms with Gasteiger partial charge in [-0.15, -0.1) is 0 Å². The van der Waals surface area contributed by atoms with Crippen molar-refractivity contribution in [3.63, 3.8) is 0 Å². The topological polar surface area (TPSA) is 68.4 Å². The van der Waals surface area contributed by atoms with Crippen molar-refractivity contribution < 1.29 is 9.84 Å². The van der Waals surface area contributed by atoms with Gasteiger partial charge in [0.1, 0.15) is 5.75 Å². The predicted octanol–water partition coefficient (Wildman–Crippen LogP) is 1.28. The van der Waals surface area contributed by atoms with E-state index in [2.05, 4.69) is 4.98 Å². The molecule has 17 heavy (non-hydrogen) atoms. The lowest BCUT2D eigenvalue weighted by molar-refractivity contribution is 0.266. The number of methoxy groups -OCH3 is 1. The van der Waals surface area contributed by atoms with Crippen LogP contribution in [0, 0.1) is 0 Å². The molecule has 3 N–H and O–H groups in total. The predicted molar refractivity (Wildman–Crippen MR) is 67.2 cm³/mol. The number of pyridine rings is 1. The maximum atomic E-state index is 9.31. The highest BCUT2D eigenvalue weighted by atomic mass is 16.5. The van der Waals surface area contributed by atoms with Crippen LogP contribution in [0.5, 0.6) is 5.75 Å². The van der Waals surface area contributed by atoms with E-state index in [-0.39, 0.29) is 12.5 Å². The van der Waals surface area contributed by atoms with E-state index in [1.807, 2.05) is 24.3 Å². The van der Waals surface area contributed by atoms with Gasteiger partial charge in [-0.1, -0.05) is 6.07 Å². The van der Waals surface area contributed by atoms with Crippen molar-refractivity contribution in [2.24, 2.45) is 5.73 Å². The summed E-state index contributed by atoms with van der Waals surface area (Å²) in [6.45, 7) is 0.375. The first-order valence-electron chi connectivity index (χ1n) is 5.53. The molecule has 0 saturated carbocycles. The largest absolute Gasteiger partial charge is 0.497 e. The number of ether oxygens (including phenoxy) is 1. The number of aromatic nitrogens is 1. The molecule has 0 bridgehead atoms. The van der Waals surface area contributed by atoms with Crippen LogP contribution in [0.1, 0.15) is 11.6 Å². The molecule has 0 radical (unpaired) electrons. The van der Waals surface area contributed by atoms with Gasteiger partial charge >= 0.3 is 0 Å². The van der Waals surface area contributed by atoms with Crippen LogP contribution in [0.15, 0.2) is 30.5 Å². The van der Waals surface area contributed by atoms with Crippen LogP contribution >= 0.6 is 0 Å². The highest BCUT2D eigenvalue weighted by molar-refractivity contribution is 5.86. The van der Waals surface area contributed by atoms with Gasteiger partial charge in [0.15, 0.2) is 0 Å². The molecular formula is C13H16N2O2. The molecule has 1 atom stereocenters. The Morgan fingerprint density at radius 3 is 2.88 bits per heavy atom. The molecule has 1 aromatic heterocycles. The fourth-order valence-electron chi connectivity index (χ4n) is 1.89. The van der Waals surface area contributed by atoms with Crippen LogP contribution in [0.3, 0.4) is 0 Å². The van der Waals surface area contributed by atoms with E-state index in [1.165, 1.54) is 0 Å². The normalized spacial score (nSPS) is 12.6. The monoisotopic (exact) mass is 232 g/mol. The van der Waals surface area contributed by atoms with E-state index in [9.17, 15) is 5.11 Å². The lowest BCUT2D eigenvalue weighted by Gasteiger charge is -2.14. The summed E-state index contributed by atoms with van der Waals surface area (Å²) >= 11 is 0. The second-order valence-corrected chi connectivity index (χ2v) is 3.90. The Labute approximate surface area is 100 Å². The van der Waals surface area contributed by atoms with Crippen LogP contribution in [-0.4, -0.2) is 30.4 Å². The number of aliphatic hydroxyl groups is 1. The van der Waals surface area contributed by atoms with Gasteiger partial charge in [-0.2, -0.15) is 0 Å². The third kappa shape index (κ3) is 2.23. The number of fused-ring (bicyclic) bond motifs is 1. The third-order valence-electron chi connectivity index (χ3n) is 2.90. The van der Waals surface area contributed by atoms with Crippen LogP contribution in [0.4, 0.5) is 0 Å². The van der Waals surface area contributed by atoms with Crippen LogP contribution in [0.2, 0.25) is 0 Å². The van der Waals surface area contributed by atoms with Crippen molar-refractivity contribution >= 4 is 10.8 Å². The lowest BCUT2D eigenvalue weighted by atomic mass is 9.99. The fourth-order valence-corrected chi connectivity index (χ4v) is 1.89. The van der Waals surface area contributed by atoms with E-state index in [1.54, 1.807) is 13.3 Å². The number of benzene rings is 1. The molecule has 0 saturated heterocycles. The molecule has 1 aromatic carbocycles.